The van der Waals surface area contributed by atoms with Gasteiger partial charge in [0.1, 0.15) is 24.4 Å². The summed E-state index contributed by atoms with van der Waals surface area (Å²) in [6.07, 6.45) is -8.51. The number of rotatable bonds is 7. The molecule has 1 aliphatic carbocycles. The Morgan fingerprint density at radius 2 is 1.48 bits per heavy atom. The molecule has 4 bridgehead atoms. The molecule has 7 rings (SSSR count). The number of aliphatic imine (C=N–C) groups is 1. The first-order chi connectivity index (χ1) is 20.9. The van der Waals surface area contributed by atoms with Crippen LogP contribution in [0.25, 0.3) is 0 Å². The Morgan fingerprint density at radius 3 is 2.07 bits per heavy atom. The number of carbonyl (C=O) groups is 4. The number of ether oxygens (including phenoxy) is 6. The van der Waals surface area contributed by atoms with Crippen LogP contribution in [0.4, 0.5) is 0 Å². The zero-order chi connectivity index (χ0) is 31.4. The quantitative estimate of drug-likeness (QED) is 0.226. The summed E-state index contributed by atoms with van der Waals surface area (Å²) in [5.74, 6) is -7.84. The number of nitrogens with one attached hydrogen (secondary N) is 1. The van der Waals surface area contributed by atoms with E-state index in [1.807, 2.05) is 0 Å². The largest absolute Gasteiger partial charge is 0.458 e. The van der Waals surface area contributed by atoms with Crippen molar-refractivity contribution >= 4 is 29.8 Å². The fourth-order valence-electron chi connectivity index (χ4n) is 6.61. The second-order valence-corrected chi connectivity index (χ2v) is 10.9. The molecule has 6 unspecified atom stereocenters. The Kier molecular flexibility index (Phi) is 7.07. The van der Waals surface area contributed by atoms with E-state index < -0.39 is 84.2 Å². The van der Waals surface area contributed by atoms with Crippen molar-refractivity contribution in [1.29, 1.82) is 0 Å². The number of carbonyl (C=O) groups excluding carboxylic acids is 4. The van der Waals surface area contributed by atoms with E-state index >= 15 is 0 Å². The highest BCUT2D eigenvalue weighted by atomic mass is 16.9. The second-order valence-electron chi connectivity index (χ2n) is 10.9. The van der Waals surface area contributed by atoms with Crippen LogP contribution in [0.1, 0.15) is 34.6 Å². The van der Waals surface area contributed by atoms with E-state index in [0.29, 0.717) is 0 Å². The normalized spacial score (nSPS) is 36.2. The van der Waals surface area contributed by atoms with Crippen molar-refractivity contribution in [3.63, 3.8) is 0 Å². The number of aliphatic hydroxyl groups excluding tert-OH is 2. The van der Waals surface area contributed by atoms with Gasteiger partial charge in [-0.3, -0.25) is 9.59 Å². The van der Waals surface area contributed by atoms with E-state index in [-0.39, 0.29) is 17.1 Å². The second kappa shape index (κ2) is 10.6. The van der Waals surface area contributed by atoms with Crippen molar-refractivity contribution in [3.05, 3.63) is 71.8 Å². The Morgan fingerprint density at radius 1 is 0.886 bits per heavy atom. The highest BCUT2D eigenvalue weighted by Gasteiger charge is 2.87. The molecule has 1 spiro atoms. The minimum Gasteiger partial charge on any atom is -0.458 e. The van der Waals surface area contributed by atoms with E-state index in [0.717, 1.165) is 13.8 Å². The highest BCUT2D eigenvalue weighted by Crippen LogP contribution is 2.61. The van der Waals surface area contributed by atoms with Crippen LogP contribution in [0.2, 0.25) is 0 Å². The van der Waals surface area contributed by atoms with Gasteiger partial charge in [-0.1, -0.05) is 36.4 Å². The lowest BCUT2D eigenvalue weighted by atomic mass is 9.54. The molecule has 9 atom stereocenters. The highest BCUT2D eigenvalue weighted by molar-refractivity contribution is 5.90. The van der Waals surface area contributed by atoms with Gasteiger partial charge in [-0.25, -0.2) is 14.6 Å². The molecular weight excluding hydrogens is 582 g/mol. The van der Waals surface area contributed by atoms with E-state index in [9.17, 15) is 29.4 Å². The third-order valence-corrected chi connectivity index (χ3v) is 8.20. The molecule has 4 fully saturated rings. The molecular formula is C29H29N3O12. The van der Waals surface area contributed by atoms with Gasteiger partial charge in [-0.2, -0.15) is 0 Å². The number of hydrogen-bond donors (Lipinski definition) is 4. The molecule has 4 heterocycles. The maximum absolute atomic E-state index is 13.3. The summed E-state index contributed by atoms with van der Waals surface area (Å²) in [4.78, 5) is 55.4. The van der Waals surface area contributed by atoms with Crippen molar-refractivity contribution in [3.8, 4) is 0 Å². The monoisotopic (exact) mass is 611 g/mol. The number of aliphatic hydroxyl groups is 2. The van der Waals surface area contributed by atoms with Crippen LogP contribution < -0.4 is 11.1 Å². The van der Waals surface area contributed by atoms with Gasteiger partial charge in [0.15, 0.2) is 24.4 Å². The molecule has 15 heteroatoms. The van der Waals surface area contributed by atoms with Crippen molar-refractivity contribution in [2.75, 3.05) is 6.61 Å². The fourth-order valence-corrected chi connectivity index (χ4v) is 6.61. The van der Waals surface area contributed by atoms with Crippen LogP contribution in [-0.4, -0.2) is 94.4 Å². The molecule has 0 aromatic heterocycles. The van der Waals surface area contributed by atoms with Gasteiger partial charge in [-0.05, 0) is 24.3 Å². The minimum absolute atomic E-state index is 0.0778. The summed E-state index contributed by atoms with van der Waals surface area (Å²) in [6.45, 7) is 1.43. The molecule has 4 aliphatic heterocycles. The average Bonchev–Trinajstić information content (AvgIpc) is 2.98. The first-order valence-corrected chi connectivity index (χ1v) is 13.6. The first-order valence-electron chi connectivity index (χ1n) is 13.6. The fraction of sp³-hybridized carbons (Fsp3) is 0.414. The third kappa shape index (κ3) is 4.39. The number of benzene rings is 2. The number of hydrogen-bond acceptors (Lipinski definition) is 15. The number of nitrogens with two attached hydrogens (primary N) is 1. The predicted octanol–water partition coefficient (Wildman–Crippen LogP) is -0.649. The topological polar surface area (TPSA) is 215 Å². The lowest BCUT2D eigenvalue weighted by Gasteiger charge is -2.72. The Hall–Kier alpha value is -4.57. The molecule has 5 aliphatic rings. The van der Waals surface area contributed by atoms with Crippen molar-refractivity contribution in [2.24, 2.45) is 16.6 Å². The van der Waals surface area contributed by atoms with Gasteiger partial charge in [0.25, 0.3) is 0 Å². The van der Waals surface area contributed by atoms with E-state index in [1.54, 1.807) is 36.4 Å². The summed E-state index contributed by atoms with van der Waals surface area (Å²) >= 11 is 0. The van der Waals surface area contributed by atoms with Crippen LogP contribution in [0, 0.1) is 5.92 Å². The first kappa shape index (κ1) is 29.5. The maximum atomic E-state index is 13.3. The van der Waals surface area contributed by atoms with Crippen LogP contribution in [0.3, 0.4) is 0 Å². The van der Waals surface area contributed by atoms with Crippen molar-refractivity contribution in [1.82, 2.24) is 5.32 Å². The maximum Gasteiger partial charge on any atom is 0.360 e. The van der Waals surface area contributed by atoms with Crippen molar-refractivity contribution < 1.29 is 57.8 Å². The van der Waals surface area contributed by atoms with E-state index in [1.165, 1.54) is 24.3 Å². The van der Waals surface area contributed by atoms with Crippen molar-refractivity contribution in [2.45, 2.75) is 61.6 Å². The smallest absolute Gasteiger partial charge is 0.360 e. The van der Waals surface area contributed by atoms with Crippen LogP contribution in [0.15, 0.2) is 65.7 Å². The van der Waals surface area contributed by atoms with Crippen LogP contribution in [0.5, 0.6) is 0 Å². The number of guanidine groups is 1. The Bertz CT molecular complexity index is 1520. The SMILES string of the molecule is CC(=O)O[C@@H]1C2OC3(OC(=O)c4ccccc4)OC(C4C(O)N=C(N)NC41[C@@H]3O)[C@]2(COC(=O)c1ccccc1)OC(C)=O. The summed E-state index contributed by atoms with van der Waals surface area (Å²) in [5, 5.41) is 26.0. The molecule has 1 saturated carbocycles. The van der Waals surface area contributed by atoms with Gasteiger partial charge < -0.3 is 49.7 Å². The van der Waals surface area contributed by atoms with Gasteiger partial charge in [0.2, 0.25) is 5.60 Å². The lowest BCUT2D eigenvalue weighted by Crippen LogP contribution is -2.96. The number of esters is 4. The van der Waals surface area contributed by atoms with Gasteiger partial charge >= 0.3 is 29.9 Å². The molecule has 44 heavy (non-hydrogen) atoms. The average molecular weight is 612 g/mol. The zero-order valence-electron chi connectivity index (χ0n) is 23.4. The molecule has 232 valence electrons. The van der Waals surface area contributed by atoms with E-state index in [4.69, 9.17) is 34.2 Å². The summed E-state index contributed by atoms with van der Waals surface area (Å²) in [5.41, 5.74) is 2.16. The van der Waals surface area contributed by atoms with Crippen LogP contribution >= 0.6 is 0 Å². The lowest BCUT2D eigenvalue weighted by molar-refractivity contribution is -0.543. The zero-order valence-corrected chi connectivity index (χ0v) is 23.4. The molecule has 3 saturated heterocycles. The van der Waals surface area contributed by atoms with Gasteiger partial charge in [0, 0.05) is 13.8 Å². The summed E-state index contributed by atoms with van der Waals surface area (Å²) < 4.78 is 35.1. The molecule has 2 aromatic carbocycles. The molecule has 2 aromatic rings. The molecule has 5 N–H and O–H groups in total. The Labute approximate surface area is 249 Å². The predicted molar refractivity (Wildman–Crippen MR) is 144 cm³/mol. The minimum atomic E-state index is -2.60. The molecule has 0 amide bonds. The third-order valence-electron chi connectivity index (χ3n) is 8.20. The van der Waals surface area contributed by atoms with Gasteiger partial charge in [-0.15, -0.1) is 0 Å². The number of nitrogens with zero attached hydrogens (tertiary/aromatic N) is 1. The molecule has 0 radical (unpaired) electrons. The Balaban J connectivity index is 1.49. The van der Waals surface area contributed by atoms with Crippen LogP contribution in [-0.2, 0) is 38.0 Å². The standard InChI is InChI=1S/C29H29N3O12/c1-14(33)40-21-20-27(41-15(2)34,13-39-23(36)16-9-5-3-6-10-16)19-18-22(35)31-26(30)32-28(18,21)25(38)29(42-19,43-20)44-24(37)17-11-7-4-8-12-17/h3-12,18-22,25,35,38H,13H2,1-2H3,(H3,30,31,32)/t18?,19?,20?,21-,22?,25+,27+,28?,29?/m1/s1. The summed E-state index contributed by atoms with van der Waals surface area (Å²) in [7, 11) is 0. The van der Waals surface area contributed by atoms with E-state index in [2.05, 4.69) is 10.3 Å². The van der Waals surface area contributed by atoms with Gasteiger partial charge in [0.05, 0.1) is 17.0 Å². The molecule has 15 nitrogen and oxygen atoms in total. The summed E-state index contributed by atoms with van der Waals surface area (Å²) in [6, 6.07) is 15.7.